The smallest absolute Gasteiger partial charge is 0.250 e. The zero-order valence-electron chi connectivity index (χ0n) is 15.0. The van der Waals surface area contributed by atoms with Crippen LogP contribution in [0, 0.1) is 12.8 Å². The molecular formula is C19H26N2O2S2. The Kier molecular flexibility index (Phi) is 5.63. The van der Waals surface area contributed by atoms with Crippen LogP contribution >= 0.6 is 11.3 Å². The molecule has 0 spiro atoms. The summed E-state index contributed by atoms with van der Waals surface area (Å²) in [7, 11) is -3.43. The first-order valence-corrected chi connectivity index (χ1v) is 11.0. The third kappa shape index (κ3) is 4.31. The first kappa shape index (κ1) is 18.6. The number of nitrogens with zero attached hydrogens (tertiary/aromatic N) is 1. The summed E-state index contributed by atoms with van der Waals surface area (Å²) < 4.78 is 28.3. The molecule has 25 heavy (non-hydrogen) atoms. The molecule has 1 N–H and O–H groups in total. The van der Waals surface area contributed by atoms with E-state index in [1.165, 1.54) is 22.5 Å². The lowest BCUT2D eigenvalue weighted by atomic mass is 9.95. The highest BCUT2D eigenvalue weighted by Crippen LogP contribution is 2.24. The van der Waals surface area contributed by atoms with Crippen LogP contribution in [-0.4, -0.2) is 32.4 Å². The van der Waals surface area contributed by atoms with Gasteiger partial charge in [0, 0.05) is 30.6 Å². The minimum absolute atomic E-state index is 0.184. The molecule has 0 bridgehead atoms. The third-order valence-corrected chi connectivity index (χ3v) is 7.78. The van der Waals surface area contributed by atoms with Crippen molar-refractivity contribution in [3.8, 4) is 0 Å². The van der Waals surface area contributed by atoms with E-state index < -0.39 is 10.0 Å². The fraction of sp³-hybridized carbons (Fsp3) is 0.474. The van der Waals surface area contributed by atoms with Gasteiger partial charge in [-0.1, -0.05) is 38.1 Å². The molecule has 2 aromatic rings. The van der Waals surface area contributed by atoms with Crippen LogP contribution in [0.5, 0.6) is 0 Å². The number of thiophene rings is 1. The van der Waals surface area contributed by atoms with Crippen LogP contribution in [0.1, 0.15) is 29.9 Å². The minimum Gasteiger partial charge on any atom is -0.294 e. The van der Waals surface area contributed by atoms with Crippen LogP contribution in [0.25, 0.3) is 0 Å². The lowest BCUT2D eigenvalue weighted by Crippen LogP contribution is -2.48. The number of hydrogen-bond acceptors (Lipinski definition) is 4. The molecule has 1 unspecified atom stereocenters. The summed E-state index contributed by atoms with van der Waals surface area (Å²) in [5, 5.41) is 0. The second-order valence-electron chi connectivity index (χ2n) is 7.02. The van der Waals surface area contributed by atoms with E-state index in [0.717, 1.165) is 24.4 Å². The zero-order chi connectivity index (χ0) is 18.0. The molecule has 0 saturated heterocycles. The normalized spacial score (nSPS) is 16.8. The first-order chi connectivity index (χ1) is 11.9. The fourth-order valence-electron chi connectivity index (χ4n) is 3.41. The molecule has 136 valence electrons. The van der Waals surface area contributed by atoms with Crippen LogP contribution in [0.3, 0.4) is 0 Å². The van der Waals surface area contributed by atoms with Crippen molar-refractivity contribution < 1.29 is 8.42 Å². The lowest BCUT2D eigenvalue weighted by molar-refractivity contribution is 0.141. The van der Waals surface area contributed by atoms with Crippen molar-refractivity contribution in [2.24, 2.45) is 5.92 Å². The Morgan fingerprint density at radius 3 is 2.52 bits per heavy atom. The predicted octanol–water partition coefficient (Wildman–Crippen LogP) is 3.42. The van der Waals surface area contributed by atoms with Gasteiger partial charge in [-0.2, -0.15) is 0 Å². The van der Waals surface area contributed by atoms with Crippen LogP contribution in [0.2, 0.25) is 0 Å². The maximum Gasteiger partial charge on any atom is 0.250 e. The molecule has 1 aromatic carbocycles. The van der Waals surface area contributed by atoms with Gasteiger partial charge in [0.2, 0.25) is 10.0 Å². The van der Waals surface area contributed by atoms with Crippen molar-refractivity contribution in [3.05, 3.63) is 52.4 Å². The molecule has 0 amide bonds. The molecule has 0 radical (unpaired) electrons. The highest BCUT2D eigenvalue weighted by atomic mass is 32.2. The highest BCUT2D eigenvalue weighted by molar-refractivity contribution is 7.91. The van der Waals surface area contributed by atoms with Gasteiger partial charge in [0.1, 0.15) is 4.21 Å². The maximum absolute atomic E-state index is 12.5. The standard InChI is InChI=1S/C19H26N2O2S2/c1-14(2)18(12-20-25(22,23)19-9-8-15(3)24-19)21-11-10-16-6-4-5-7-17(16)13-21/h4-9,14,18,20H,10-13H2,1-3H3. The van der Waals surface area contributed by atoms with E-state index in [1.54, 1.807) is 6.07 Å². The average Bonchev–Trinajstić information content (AvgIpc) is 3.02. The quantitative estimate of drug-likeness (QED) is 0.838. The molecule has 1 aromatic heterocycles. The van der Waals surface area contributed by atoms with E-state index in [1.807, 2.05) is 13.0 Å². The SMILES string of the molecule is Cc1ccc(S(=O)(=O)NCC(C(C)C)N2CCc3ccccc3C2)s1. The number of rotatable bonds is 6. The number of nitrogens with one attached hydrogen (secondary N) is 1. The topological polar surface area (TPSA) is 49.4 Å². The van der Waals surface area contributed by atoms with Crippen molar-refractivity contribution in [1.29, 1.82) is 0 Å². The lowest BCUT2D eigenvalue weighted by Gasteiger charge is -2.37. The number of aryl methyl sites for hydroxylation is 1. The molecule has 6 heteroatoms. The van der Waals surface area contributed by atoms with Crippen molar-refractivity contribution in [2.75, 3.05) is 13.1 Å². The van der Waals surface area contributed by atoms with Gasteiger partial charge in [0.05, 0.1) is 0 Å². The summed E-state index contributed by atoms with van der Waals surface area (Å²) in [5.41, 5.74) is 2.77. The van der Waals surface area contributed by atoms with Gasteiger partial charge in [-0.05, 0) is 42.5 Å². The molecule has 2 heterocycles. The summed E-state index contributed by atoms with van der Waals surface area (Å²) in [6.07, 6.45) is 1.02. The van der Waals surface area contributed by atoms with Gasteiger partial charge in [-0.3, -0.25) is 4.90 Å². The number of benzene rings is 1. The van der Waals surface area contributed by atoms with Crippen LogP contribution < -0.4 is 4.72 Å². The minimum atomic E-state index is -3.43. The van der Waals surface area contributed by atoms with E-state index in [2.05, 4.69) is 47.7 Å². The average molecular weight is 379 g/mol. The Labute approximate surface area is 154 Å². The molecule has 3 rings (SSSR count). The van der Waals surface area contributed by atoms with Gasteiger partial charge in [0.15, 0.2) is 0 Å². The largest absolute Gasteiger partial charge is 0.294 e. The van der Waals surface area contributed by atoms with Gasteiger partial charge in [-0.15, -0.1) is 11.3 Å². The monoisotopic (exact) mass is 378 g/mol. The number of hydrogen-bond donors (Lipinski definition) is 1. The van der Waals surface area contributed by atoms with Crippen LogP contribution in [-0.2, 0) is 23.0 Å². The highest BCUT2D eigenvalue weighted by Gasteiger charge is 2.27. The Morgan fingerprint density at radius 1 is 1.16 bits per heavy atom. The van der Waals surface area contributed by atoms with Crippen LogP contribution in [0.15, 0.2) is 40.6 Å². The van der Waals surface area contributed by atoms with Gasteiger partial charge in [-0.25, -0.2) is 13.1 Å². The molecule has 4 nitrogen and oxygen atoms in total. The molecule has 1 aliphatic rings. The van der Waals surface area contributed by atoms with Crippen molar-refractivity contribution in [3.63, 3.8) is 0 Å². The van der Waals surface area contributed by atoms with Crippen molar-refractivity contribution in [1.82, 2.24) is 9.62 Å². The molecule has 1 atom stereocenters. The molecular weight excluding hydrogens is 352 g/mol. The fourth-order valence-corrected chi connectivity index (χ4v) is 5.79. The van der Waals surface area contributed by atoms with E-state index in [-0.39, 0.29) is 6.04 Å². The molecule has 0 fully saturated rings. The second-order valence-corrected chi connectivity index (χ2v) is 10.3. The van der Waals surface area contributed by atoms with Crippen molar-refractivity contribution >= 4 is 21.4 Å². The van der Waals surface area contributed by atoms with Gasteiger partial charge < -0.3 is 0 Å². The van der Waals surface area contributed by atoms with Gasteiger partial charge in [0.25, 0.3) is 0 Å². The summed E-state index contributed by atoms with van der Waals surface area (Å²) >= 11 is 1.32. The Bertz CT molecular complexity index is 827. The molecule has 1 aliphatic heterocycles. The van der Waals surface area contributed by atoms with E-state index in [0.29, 0.717) is 16.7 Å². The number of fused-ring (bicyclic) bond motifs is 1. The predicted molar refractivity (Wildman–Crippen MR) is 103 cm³/mol. The van der Waals surface area contributed by atoms with E-state index >= 15 is 0 Å². The summed E-state index contributed by atoms with van der Waals surface area (Å²) in [5.74, 6) is 0.373. The number of sulfonamides is 1. The molecule has 0 saturated carbocycles. The summed E-state index contributed by atoms with van der Waals surface area (Å²) in [4.78, 5) is 3.42. The summed E-state index contributed by atoms with van der Waals surface area (Å²) in [6, 6.07) is 12.3. The Balaban J connectivity index is 1.70. The second kappa shape index (κ2) is 7.58. The summed E-state index contributed by atoms with van der Waals surface area (Å²) in [6.45, 7) is 8.55. The van der Waals surface area contributed by atoms with Gasteiger partial charge >= 0.3 is 0 Å². The Hall–Kier alpha value is -1.21. The van der Waals surface area contributed by atoms with E-state index in [4.69, 9.17) is 0 Å². The third-order valence-electron chi connectivity index (χ3n) is 4.86. The van der Waals surface area contributed by atoms with Crippen molar-refractivity contribution in [2.45, 2.75) is 44.0 Å². The maximum atomic E-state index is 12.5. The van der Waals surface area contributed by atoms with Crippen LogP contribution in [0.4, 0.5) is 0 Å². The van der Waals surface area contributed by atoms with E-state index in [9.17, 15) is 8.42 Å². The first-order valence-electron chi connectivity index (χ1n) is 8.74. The molecule has 0 aliphatic carbocycles. The zero-order valence-corrected chi connectivity index (χ0v) is 16.7. The Morgan fingerprint density at radius 2 is 1.88 bits per heavy atom.